The van der Waals surface area contributed by atoms with Crippen molar-refractivity contribution in [3.63, 3.8) is 0 Å². The fourth-order valence-corrected chi connectivity index (χ4v) is 4.17. The summed E-state index contributed by atoms with van der Waals surface area (Å²) in [4.78, 5) is 18.7. The fraction of sp³-hybridized carbons (Fsp3) is 0.700. The van der Waals surface area contributed by atoms with E-state index in [9.17, 15) is 9.90 Å². The van der Waals surface area contributed by atoms with E-state index in [1.807, 2.05) is 17.0 Å². The van der Waals surface area contributed by atoms with Crippen LogP contribution in [0.5, 0.6) is 0 Å². The number of carbonyl (C=O) groups excluding carboxylic acids is 1. The Morgan fingerprint density at radius 2 is 1.96 bits per heavy atom. The van der Waals surface area contributed by atoms with Gasteiger partial charge in [-0.3, -0.25) is 9.78 Å². The first kappa shape index (κ1) is 18.3. The lowest BCUT2D eigenvalue weighted by Crippen LogP contribution is -2.58. The first-order valence-corrected chi connectivity index (χ1v) is 9.79. The van der Waals surface area contributed by atoms with Gasteiger partial charge in [0.1, 0.15) is 0 Å². The summed E-state index contributed by atoms with van der Waals surface area (Å²) in [5.74, 6) is 0.679. The van der Waals surface area contributed by atoms with Crippen LogP contribution in [-0.2, 0) is 11.3 Å². The molecule has 3 rings (SSSR count). The van der Waals surface area contributed by atoms with Crippen LogP contribution in [0.3, 0.4) is 0 Å². The highest BCUT2D eigenvalue weighted by molar-refractivity contribution is 5.86. The van der Waals surface area contributed by atoms with Crippen LogP contribution in [0, 0.1) is 5.92 Å². The van der Waals surface area contributed by atoms with Crippen LogP contribution in [0.1, 0.15) is 56.9 Å². The molecular weight excluding hydrogens is 314 g/mol. The molecule has 5 nitrogen and oxygen atoms in total. The monoisotopic (exact) mass is 345 g/mol. The lowest BCUT2D eigenvalue weighted by Gasteiger charge is -2.39. The van der Waals surface area contributed by atoms with Crippen LogP contribution >= 0.6 is 0 Å². The number of amides is 1. The summed E-state index contributed by atoms with van der Waals surface area (Å²) >= 11 is 0. The molecule has 1 aliphatic heterocycles. The van der Waals surface area contributed by atoms with Gasteiger partial charge in [-0.05, 0) is 42.9 Å². The van der Waals surface area contributed by atoms with Gasteiger partial charge in [0.15, 0.2) is 5.60 Å². The number of pyridine rings is 1. The smallest absolute Gasteiger partial charge is 0.255 e. The number of rotatable bonds is 7. The van der Waals surface area contributed by atoms with Gasteiger partial charge >= 0.3 is 0 Å². The van der Waals surface area contributed by atoms with Gasteiger partial charge in [-0.2, -0.15) is 0 Å². The summed E-state index contributed by atoms with van der Waals surface area (Å²) in [6.07, 6.45) is 12.7. The average Bonchev–Trinajstić information content (AvgIpc) is 2.65. The van der Waals surface area contributed by atoms with E-state index in [4.69, 9.17) is 0 Å². The Kier molecular flexibility index (Phi) is 6.43. The summed E-state index contributed by atoms with van der Waals surface area (Å²) in [7, 11) is 0. The van der Waals surface area contributed by atoms with Gasteiger partial charge < -0.3 is 15.3 Å². The Balaban J connectivity index is 1.47. The van der Waals surface area contributed by atoms with Crippen molar-refractivity contribution in [1.82, 2.24) is 15.2 Å². The molecule has 1 saturated carbocycles. The van der Waals surface area contributed by atoms with Crippen molar-refractivity contribution in [3.05, 3.63) is 30.1 Å². The van der Waals surface area contributed by atoms with Crippen molar-refractivity contribution in [3.8, 4) is 0 Å². The van der Waals surface area contributed by atoms with Gasteiger partial charge in [-0.25, -0.2) is 0 Å². The van der Waals surface area contributed by atoms with Crippen molar-refractivity contribution < 1.29 is 9.90 Å². The molecule has 0 bridgehead atoms. The highest BCUT2D eigenvalue weighted by Crippen LogP contribution is 2.28. The number of nitrogens with one attached hydrogen (secondary N) is 1. The quantitative estimate of drug-likeness (QED) is 0.797. The average molecular weight is 345 g/mol. The zero-order valence-electron chi connectivity index (χ0n) is 15.1. The van der Waals surface area contributed by atoms with E-state index in [0.29, 0.717) is 19.5 Å². The summed E-state index contributed by atoms with van der Waals surface area (Å²) in [5, 5.41) is 14.1. The molecule has 1 amide bonds. The highest BCUT2D eigenvalue weighted by atomic mass is 16.3. The molecule has 2 aliphatic rings. The minimum absolute atomic E-state index is 0.0863. The Morgan fingerprint density at radius 3 is 2.72 bits per heavy atom. The molecule has 1 aliphatic carbocycles. The van der Waals surface area contributed by atoms with Gasteiger partial charge in [-0.1, -0.05) is 32.1 Å². The van der Waals surface area contributed by atoms with Gasteiger partial charge in [-0.15, -0.1) is 0 Å². The van der Waals surface area contributed by atoms with E-state index in [0.717, 1.165) is 37.4 Å². The molecule has 2 heterocycles. The molecule has 1 aromatic heterocycles. The van der Waals surface area contributed by atoms with Crippen molar-refractivity contribution in [1.29, 1.82) is 0 Å². The second kappa shape index (κ2) is 8.77. The molecule has 0 aromatic carbocycles. The predicted octanol–water partition coefficient (Wildman–Crippen LogP) is 2.50. The number of aromatic nitrogens is 1. The van der Waals surface area contributed by atoms with Gasteiger partial charge in [0, 0.05) is 38.6 Å². The lowest BCUT2D eigenvalue weighted by molar-refractivity contribution is -0.156. The normalized spacial score (nSPS) is 25.3. The maximum absolute atomic E-state index is 12.8. The molecule has 138 valence electrons. The number of hydrogen-bond acceptors (Lipinski definition) is 4. The van der Waals surface area contributed by atoms with Gasteiger partial charge in [0.25, 0.3) is 5.91 Å². The zero-order chi connectivity index (χ0) is 17.5. The molecule has 0 unspecified atom stereocenters. The minimum atomic E-state index is -1.25. The van der Waals surface area contributed by atoms with E-state index in [1.165, 1.54) is 32.1 Å². The van der Waals surface area contributed by atoms with Crippen molar-refractivity contribution in [2.75, 3.05) is 19.6 Å². The second-order valence-electron chi connectivity index (χ2n) is 7.68. The van der Waals surface area contributed by atoms with Crippen LogP contribution < -0.4 is 5.32 Å². The van der Waals surface area contributed by atoms with Gasteiger partial charge in [0.05, 0.1) is 0 Å². The Hall–Kier alpha value is -1.46. The molecule has 0 spiro atoms. The van der Waals surface area contributed by atoms with E-state index in [1.54, 1.807) is 12.4 Å². The van der Waals surface area contributed by atoms with Crippen LogP contribution in [0.4, 0.5) is 0 Å². The number of aliphatic hydroxyl groups is 1. The summed E-state index contributed by atoms with van der Waals surface area (Å²) < 4.78 is 0. The summed E-state index contributed by atoms with van der Waals surface area (Å²) in [6.45, 7) is 2.54. The molecule has 0 radical (unpaired) electrons. The first-order valence-electron chi connectivity index (χ1n) is 9.79. The maximum Gasteiger partial charge on any atom is 0.255 e. The molecule has 1 atom stereocenters. The third-order valence-corrected chi connectivity index (χ3v) is 5.73. The maximum atomic E-state index is 12.8. The highest BCUT2D eigenvalue weighted by Gasteiger charge is 2.41. The van der Waals surface area contributed by atoms with Crippen molar-refractivity contribution >= 4 is 5.91 Å². The Bertz CT molecular complexity index is 545. The lowest BCUT2D eigenvalue weighted by atomic mass is 9.86. The zero-order valence-corrected chi connectivity index (χ0v) is 15.1. The van der Waals surface area contributed by atoms with E-state index in [2.05, 4.69) is 10.3 Å². The minimum Gasteiger partial charge on any atom is -0.379 e. The summed E-state index contributed by atoms with van der Waals surface area (Å²) in [5.41, 5.74) is -0.145. The molecule has 2 fully saturated rings. The molecule has 1 saturated heterocycles. The van der Waals surface area contributed by atoms with Crippen LogP contribution in [-0.4, -0.2) is 46.1 Å². The van der Waals surface area contributed by atoms with Crippen LogP contribution in [0.25, 0.3) is 0 Å². The Morgan fingerprint density at radius 1 is 1.20 bits per heavy atom. The first-order chi connectivity index (χ1) is 12.2. The van der Waals surface area contributed by atoms with E-state index < -0.39 is 5.60 Å². The predicted molar refractivity (Wildman–Crippen MR) is 97.9 cm³/mol. The second-order valence-corrected chi connectivity index (χ2v) is 7.68. The van der Waals surface area contributed by atoms with E-state index in [-0.39, 0.29) is 5.91 Å². The number of piperidine rings is 1. The van der Waals surface area contributed by atoms with Crippen molar-refractivity contribution in [2.45, 2.75) is 63.5 Å². The third-order valence-electron chi connectivity index (χ3n) is 5.73. The summed E-state index contributed by atoms with van der Waals surface area (Å²) in [6, 6.07) is 3.88. The number of carbonyl (C=O) groups is 1. The van der Waals surface area contributed by atoms with Crippen LogP contribution in [0.15, 0.2) is 24.5 Å². The van der Waals surface area contributed by atoms with Crippen LogP contribution in [0.2, 0.25) is 0 Å². The third kappa shape index (κ3) is 5.02. The molecule has 5 heteroatoms. The fourth-order valence-electron chi connectivity index (χ4n) is 4.17. The standard InChI is InChI=1S/C20H31N3O2/c24-19-20(25,16-22-15-18-7-11-21-12-8-18)10-4-13-23(19)14-9-17-5-2-1-3-6-17/h7-8,11-12,17,22,25H,1-6,9-10,13-16H2/t20-/m0/s1. The largest absolute Gasteiger partial charge is 0.379 e. The Labute approximate surface area is 150 Å². The SMILES string of the molecule is O=C1N(CCC2CCCCC2)CCC[C@]1(O)CNCc1ccncc1. The number of nitrogens with zero attached hydrogens (tertiary/aromatic N) is 2. The molecular formula is C20H31N3O2. The topological polar surface area (TPSA) is 65.5 Å². The molecule has 1 aromatic rings. The van der Waals surface area contributed by atoms with Crippen molar-refractivity contribution in [2.24, 2.45) is 5.92 Å². The number of likely N-dealkylation sites (tertiary alicyclic amines) is 1. The van der Waals surface area contributed by atoms with Gasteiger partial charge in [0.2, 0.25) is 0 Å². The van der Waals surface area contributed by atoms with E-state index >= 15 is 0 Å². The molecule has 25 heavy (non-hydrogen) atoms. The molecule has 2 N–H and O–H groups in total. The number of hydrogen-bond donors (Lipinski definition) is 2.